The molecule has 0 spiro atoms. The van der Waals surface area contributed by atoms with Gasteiger partial charge < -0.3 is 14.6 Å². The fourth-order valence-corrected chi connectivity index (χ4v) is 2.91. The van der Waals surface area contributed by atoms with Crippen molar-refractivity contribution >= 4 is 0 Å². The molecule has 1 aliphatic heterocycles. The highest BCUT2D eigenvalue weighted by molar-refractivity contribution is 5.63. The first kappa shape index (κ1) is 24.4. The zero-order valence-corrected chi connectivity index (χ0v) is 18.3. The van der Waals surface area contributed by atoms with Crippen LogP contribution in [0.1, 0.15) is 51.7 Å². The number of rotatable bonds is 7. The summed E-state index contributed by atoms with van der Waals surface area (Å²) < 4.78 is 10.1. The van der Waals surface area contributed by atoms with Crippen molar-refractivity contribution in [2.45, 2.75) is 53.6 Å². The first-order valence-corrected chi connectivity index (χ1v) is 10.5. The summed E-state index contributed by atoms with van der Waals surface area (Å²) in [4.78, 5) is 0. The molecule has 1 fully saturated rings. The SMILES string of the molecule is CC.CCC1(CO)COC1.CCCc1ccc(-c2ccc(COC)cc2)cc1. The maximum Gasteiger partial charge on any atom is 0.0713 e. The first-order valence-electron chi connectivity index (χ1n) is 10.5. The maximum absolute atomic E-state index is 8.76. The van der Waals surface area contributed by atoms with Gasteiger partial charge in [-0.25, -0.2) is 0 Å². The van der Waals surface area contributed by atoms with Gasteiger partial charge in [-0.3, -0.25) is 0 Å². The van der Waals surface area contributed by atoms with Crippen LogP contribution in [-0.2, 0) is 22.5 Å². The van der Waals surface area contributed by atoms with E-state index in [-0.39, 0.29) is 12.0 Å². The van der Waals surface area contributed by atoms with Gasteiger partial charge in [0.25, 0.3) is 0 Å². The molecule has 2 aromatic rings. The summed E-state index contributed by atoms with van der Waals surface area (Å²) in [5.41, 5.74) is 5.30. The molecule has 0 aliphatic carbocycles. The lowest BCUT2D eigenvalue weighted by Gasteiger charge is -2.38. The highest BCUT2D eigenvalue weighted by Crippen LogP contribution is 2.29. The predicted molar refractivity (Wildman–Crippen MR) is 119 cm³/mol. The van der Waals surface area contributed by atoms with Crippen LogP contribution < -0.4 is 0 Å². The average molecular weight is 387 g/mol. The first-order chi connectivity index (χ1) is 13.7. The third-order valence-corrected chi connectivity index (χ3v) is 4.99. The number of benzene rings is 2. The summed E-state index contributed by atoms with van der Waals surface area (Å²) in [5, 5.41) is 8.76. The second kappa shape index (κ2) is 13.5. The zero-order valence-electron chi connectivity index (χ0n) is 18.3. The molecule has 0 atom stereocenters. The molecule has 1 aliphatic rings. The van der Waals surface area contributed by atoms with E-state index in [0.29, 0.717) is 6.61 Å². The van der Waals surface area contributed by atoms with Gasteiger partial charge >= 0.3 is 0 Å². The van der Waals surface area contributed by atoms with Gasteiger partial charge in [-0.1, -0.05) is 82.6 Å². The van der Waals surface area contributed by atoms with Crippen molar-refractivity contribution in [3.8, 4) is 11.1 Å². The highest BCUT2D eigenvalue weighted by Gasteiger charge is 2.35. The fraction of sp³-hybridized carbons (Fsp3) is 0.520. The van der Waals surface area contributed by atoms with Gasteiger partial charge in [-0.15, -0.1) is 0 Å². The second-order valence-corrected chi connectivity index (χ2v) is 7.08. The number of aliphatic hydroxyl groups excluding tert-OH is 1. The molecule has 2 aromatic carbocycles. The number of hydrogen-bond donors (Lipinski definition) is 1. The molecule has 1 saturated heterocycles. The lowest BCUT2D eigenvalue weighted by Crippen LogP contribution is -2.44. The van der Waals surface area contributed by atoms with Gasteiger partial charge in [0.1, 0.15) is 0 Å². The summed E-state index contributed by atoms with van der Waals surface area (Å²) in [5.74, 6) is 0. The number of aryl methyl sites for hydroxylation is 1. The molecule has 1 N–H and O–H groups in total. The van der Waals surface area contributed by atoms with Crippen LogP contribution in [0.25, 0.3) is 11.1 Å². The predicted octanol–water partition coefficient (Wildman–Crippen LogP) is 5.88. The number of hydrogen-bond acceptors (Lipinski definition) is 3. The largest absolute Gasteiger partial charge is 0.396 e. The number of aliphatic hydroxyl groups is 1. The lowest BCUT2D eigenvalue weighted by atomic mass is 9.84. The van der Waals surface area contributed by atoms with Gasteiger partial charge in [-0.05, 0) is 35.1 Å². The molecule has 0 saturated carbocycles. The molecule has 3 rings (SSSR count). The van der Waals surface area contributed by atoms with Crippen LogP contribution in [0.5, 0.6) is 0 Å². The molecule has 1 heterocycles. The van der Waals surface area contributed by atoms with Crippen molar-refractivity contribution in [1.29, 1.82) is 0 Å². The van der Waals surface area contributed by atoms with E-state index in [2.05, 4.69) is 62.4 Å². The Bertz CT molecular complexity index is 567. The normalized spacial score (nSPS) is 14.1. The minimum atomic E-state index is 0.139. The Balaban J connectivity index is 0.000000327. The van der Waals surface area contributed by atoms with Crippen molar-refractivity contribution in [3.63, 3.8) is 0 Å². The molecule has 0 bridgehead atoms. The van der Waals surface area contributed by atoms with Crippen molar-refractivity contribution in [1.82, 2.24) is 0 Å². The average Bonchev–Trinajstić information content (AvgIpc) is 2.72. The van der Waals surface area contributed by atoms with Crippen LogP contribution >= 0.6 is 0 Å². The minimum Gasteiger partial charge on any atom is -0.396 e. The molecule has 0 radical (unpaired) electrons. The van der Waals surface area contributed by atoms with Gasteiger partial charge in [0.15, 0.2) is 0 Å². The summed E-state index contributed by atoms with van der Waals surface area (Å²) in [6.45, 7) is 10.8. The quantitative estimate of drug-likeness (QED) is 0.645. The molecular formula is C25H38O3. The molecule has 28 heavy (non-hydrogen) atoms. The monoisotopic (exact) mass is 386 g/mol. The molecule has 0 amide bonds. The Morgan fingerprint density at radius 2 is 1.39 bits per heavy atom. The standard InChI is InChI=1S/C17H20O.C6H12O2.C2H6/c1-3-4-14-5-9-16(10-6-14)17-11-7-15(8-12-17)13-18-2;1-2-6(3-7)4-8-5-6;1-2/h5-12H,3-4,13H2,1-2H3;7H,2-5H2,1H3;1-2H3. The van der Waals surface area contributed by atoms with Crippen LogP contribution in [0, 0.1) is 5.41 Å². The van der Waals surface area contributed by atoms with Crippen molar-refractivity contribution < 1.29 is 14.6 Å². The van der Waals surface area contributed by atoms with Crippen LogP contribution in [0.4, 0.5) is 0 Å². The second-order valence-electron chi connectivity index (χ2n) is 7.08. The van der Waals surface area contributed by atoms with E-state index in [0.717, 1.165) is 26.1 Å². The molecule has 0 aromatic heterocycles. The Kier molecular flexibility index (Phi) is 11.7. The van der Waals surface area contributed by atoms with Gasteiger partial charge in [0, 0.05) is 12.5 Å². The van der Waals surface area contributed by atoms with Crippen LogP contribution in [-0.4, -0.2) is 32.0 Å². The van der Waals surface area contributed by atoms with Gasteiger partial charge in [-0.2, -0.15) is 0 Å². The minimum absolute atomic E-state index is 0.139. The van der Waals surface area contributed by atoms with Crippen LogP contribution in [0.2, 0.25) is 0 Å². The van der Waals surface area contributed by atoms with E-state index in [1.807, 2.05) is 13.8 Å². The molecular weight excluding hydrogens is 348 g/mol. The van der Waals surface area contributed by atoms with Gasteiger partial charge in [0.2, 0.25) is 0 Å². The Morgan fingerprint density at radius 3 is 1.68 bits per heavy atom. The van der Waals surface area contributed by atoms with E-state index < -0.39 is 0 Å². The van der Waals surface area contributed by atoms with E-state index >= 15 is 0 Å². The number of ether oxygens (including phenoxy) is 2. The molecule has 0 unspecified atom stereocenters. The number of methoxy groups -OCH3 is 1. The van der Waals surface area contributed by atoms with Crippen LogP contribution in [0.15, 0.2) is 48.5 Å². The van der Waals surface area contributed by atoms with Gasteiger partial charge in [0.05, 0.1) is 26.4 Å². The summed E-state index contributed by atoms with van der Waals surface area (Å²) in [7, 11) is 1.72. The zero-order chi connectivity index (χ0) is 20.8. The third kappa shape index (κ3) is 7.38. The van der Waals surface area contributed by atoms with E-state index in [9.17, 15) is 0 Å². The van der Waals surface area contributed by atoms with E-state index in [1.165, 1.54) is 28.7 Å². The maximum atomic E-state index is 8.76. The Hall–Kier alpha value is -1.68. The smallest absolute Gasteiger partial charge is 0.0713 e. The van der Waals surface area contributed by atoms with Crippen molar-refractivity contribution in [2.75, 3.05) is 26.9 Å². The third-order valence-electron chi connectivity index (χ3n) is 4.99. The molecule has 3 heteroatoms. The van der Waals surface area contributed by atoms with Crippen molar-refractivity contribution in [2.24, 2.45) is 5.41 Å². The van der Waals surface area contributed by atoms with Crippen LogP contribution in [0.3, 0.4) is 0 Å². The summed E-state index contributed by atoms with van der Waals surface area (Å²) in [6.07, 6.45) is 3.39. The van der Waals surface area contributed by atoms with E-state index in [4.69, 9.17) is 14.6 Å². The Morgan fingerprint density at radius 1 is 0.893 bits per heavy atom. The summed E-state index contributed by atoms with van der Waals surface area (Å²) in [6, 6.07) is 17.4. The lowest BCUT2D eigenvalue weighted by molar-refractivity contribution is -0.138. The molecule has 156 valence electrons. The topological polar surface area (TPSA) is 38.7 Å². The fourth-order valence-electron chi connectivity index (χ4n) is 2.91. The van der Waals surface area contributed by atoms with Crippen molar-refractivity contribution in [3.05, 3.63) is 59.7 Å². The Labute approximate surface area is 171 Å². The van der Waals surface area contributed by atoms with E-state index in [1.54, 1.807) is 7.11 Å². The summed E-state index contributed by atoms with van der Waals surface area (Å²) >= 11 is 0. The molecule has 3 nitrogen and oxygen atoms in total. The highest BCUT2D eigenvalue weighted by atomic mass is 16.5.